The normalized spacial score (nSPS) is 20.5. The topological polar surface area (TPSA) is 61.8 Å². The van der Waals surface area contributed by atoms with Gasteiger partial charge in [-0.2, -0.15) is 0 Å². The smallest absolute Gasteiger partial charge is 0.193 e. The lowest BCUT2D eigenvalue weighted by molar-refractivity contribution is 0.352. The largest absolute Gasteiger partial charge is 0.356 e. The van der Waals surface area contributed by atoms with Crippen LogP contribution in [0.15, 0.2) is 35.3 Å². The van der Waals surface area contributed by atoms with Crippen LogP contribution < -0.4 is 5.32 Å². The number of nitrogens with one attached hydrogen (secondary N) is 1. The molecule has 0 aliphatic carbocycles. The molecule has 0 amide bonds. The molecule has 142 valence electrons. The summed E-state index contributed by atoms with van der Waals surface area (Å²) in [6, 6.07) is 10.4. The molecule has 1 aliphatic rings. The van der Waals surface area contributed by atoms with Gasteiger partial charge in [-0.3, -0.25) is 4.99 Å². The number of halogens is 1. The second kappa shape index (κ2) is 9.21. The summed E-state index contributed by atoms with van der Waals surface area (Å²) >= 11 is 0. The highest BCUT2D eigenvalue weighted by atomic mass is 127. The number of nitrogens with zero attached hydrogens (tertiary/aromatic N) is 2. The molecule has 1 atom stereocenters. The van der Waals surface area contributed by atoms with E-state index in [1.165, 1.54) is 5.56 Å². The maximum atomic E-state index is 12.2. The fourth-order valence-electron chi connectivity index (χ4n) is 3.09. The van der Waals surface area contributed by atoms with Crippen LogP contribution in [0.2, 0.25) is 0 Å². The van der Waals surface area contributed by atoms with Gasteiger partial charge in [0.1, 0.15) is 0 Å². The van der Waals surface area contributed by atoms with Crippen LogP contribution in [0.3, 0.4) is 0 Å². The van der Waals surface area contributed by atoms with E-state index in [9.17, 15) is 8.42 Å². The molecule has 1 unspecified atom stereocenters. The molecule has 1 aromatic rings. The first-order valence-electron chi connectivity index (χ1n) is 8.53. The van der Waals surface area contributed by atoms with E-state index in [4.69, 9.17) is 0 Å². The molecule has 0 bridgehead atoms. The van der Waals surface area contributed by atoms with Crippen molar-refractivity contribution in [3.05, 3.63) is 35.9 Å². The van der Waals surface area contributed by atoms with Crippen molar-refractivity contribution < 1.29 is 8.42 Å². The molecular formula is C18H30IN3O2S. The summed E-state index contributed by atoms with van der Waals surface area (Å²) in [5.74, 6) is 1.37. The Morgan fingerprint density at radius 3 is 2.48 bits per heavy atom. The second-order valence-corrected chi connectivity index (χ2v) is 9.69. The Morgan fingerprint density at radius 2 is 1.96 bits per heavy atom. The molecule has 0 spiro atoms. The first-order valence-corrected chi connectivity index (χ1v) is 10.2. The van der Waals surface area contributed by atoms with Gasteiger partial charge in [-0.1, -0.05) is 37.3 Å². The maximum absolute atomic E-state index is 12.2. The highest BCUT2D eigenvalue weighted by molar-refractivity contribution is 14.0. The van der Waals surface area contributed by atoms with Crippen LogP contribution in [0.5, 0.6) is 0 Å². The van der Waals surface area contributed by atoms with Crippen molar-refractivity contribution in [2.45, 2.75) is 37.9 Å². The summed E-state index contributed by atoms with van der Waals surface area (Å²) in [5, 5.41) is 3.43. The van der Waals surface area contributed by atoms with Gasteiger partial charge in [0, 0.05) is 32.6 Å². The van der Waals surface area contributed by atoms with Crippen LogP contribution in [0.4, 0.5) is 0 Å². The Balaban J connectivity index is 0.00000312. The first kappa shape index (κ1) is 22.2. The molecule has 1 N–H and O–H groups in total. The minimum Gasteiger partial charge on any atom is -0.356 e. The Hall–Kier alpha value is -0.830. The first-order chi connectivity index (χ1) is 11.3. The van der Waals surface area contributed by atoms with E-state index in [-0.39, 0.29) is 29.7 Å². The molecule has 1 aliphatic heterocycles. The van der Waals surface area contributed by atoms with E-state index in [0.29, 0.717) is 19.0 Å². The van der Waals surface area contributed by atoms with Gasteiger partial charge in [0.05, 0.1) is 10.5 Å². The summed E-state index contributed by atoms with van der Waals surface area (Å²) in [5.41, 5.74) is 1.31. The average molecular weight is 479 g/mol. The maximum Gasteiger partial charge on any atom is 0.193 e. The van der Waals surface area contributed by atoms with Gasteiger partial charge in [-0.25, -0.2) is 8.42 Å². The van der Waals surface area contributed by atoms with Crippen LogP contribution >= 0.6 is 24.0 Å². The molecule has 5 nitrogen and oxygen atoms in total. The number of hydrogen-bond donors (Lipinski definition) is 1. The van der Waals surface area contributed by atoms with E-state index in [1.54, 1.807) is 20.9 Å². The number of hydrogen-bond acceptors (Lipinski definition) is 3. The molecule has 1 fully saturated rings. The van der Waals surface area contributed by atoms with Gasteiger partial charge >= 0.3 is 0 Å². The predicted octanol–water partition coefficient (Wildman–Crippen LogP) is 2.88. The van der Waals surface area contributed by atoms with Crippen molar-refractivity contribution in [3.63, 3.8) is 0 Å². The molecule has 0 saturated carbocycles. The van der Waals surface area contributed by atoms with Crippen molar-refractivity contribution in [2.24, 2.45) is 4.99 Å². The Morgan fingerprint density at radius 1 is 1.32 bits per heavy atom. The van der Waals surface area contributed by atoms with Crippen LogP contribution in [-0.4, -0.2) is 56.5 Å². The summed E-state index contributed by atoms with van der Waals surface area (Å²) < 4.78 is 23.6. The summed E-state index contributed by atoms with van der Waals surface area (Å²) in [6.07, 6.45) is 1.04. The van der Waals surface area contributed by atoms with Crippen molar-refractivity contribution in [3.8, 4) is 0 Å². The fourth-order valence-corrected chi connectivity index (χ4v) is 4.46. The number of aliphatic imine (C=N–C) groups is 1. The molecule has 7 heteroatoms. The zero-order valence-electron chi connectivity index (χ0n) is 15.5. The molecular weight excluding hydrogens is 449 g/mol. The predicted molar refractivity (Wildman–Crippen MR) is 116 cm³/mol. The van der Waals surface area contributed by atoms with Crippen LogP contribution in [0.1, 0.15) is 38.7 Å². The molecule has 1 aromatic carbocycles. The monoisotopic (exact) mass is 479 g/mol. The third-order valence-electron chi connectivity index (χ3n) is 4.83. The Kier molecular flexibility index (Phi) is 8.18. The average Bonchev–Trinajstić information content (AvgIpc) is 2.55. The zero-order valence-corrected chi connectivity index (χ0v) is 18.7. The minimum absolute atomic E-state index is 0. The quantitative estimate of drug-likeness (QED) is 0.410. The molecule has 1 saturated heterocycles. The molecule has 1 heterocycles. The lowest BCUT2D eigenvalue weighted by atomic mass is 9.96. The van der Waals surface area contributed by atoms with Gasteiger partial charge in [0.2, 0.25) is 0 Å². The van der Waals surface area contributed by atoms with Crippen molar-refractivity contribution >= 4 is 39.8 Å². The standard InChI is InChI=1S/C18H29N3O2S.HI/c1-5-15(16-9-7-6-8-10-16)13-20-17(19-4)21-11-12-24(22,23)18(2,3)14-21;/h6-10,15H,5,11-14H2,1-4H3,(H,19,20);1H. The third kappa shape index (κ3) is 5.32. The van der Waals surface area contributed by atoms with Crippen molar-refractivity contribution in [2.75, 3.05) is 32.4 Å². The van der Waals surface area contributed by atoms with Crippen molar-refractivity contribution in [1.82, 2.24) is 10.2 Å². The van der Waals surface area contributed by atoms with E-state index >= 15 is 0 Å². The SMILES string of the molecule is CCC(CNC(=NC)N1CCS(=O)(=O)C(C)(C)C1)c1ccccc1.I. The summed E-state index contributed by atoms with van der Waals surface area (Å²) in [4.78, 5) is 6.42. The van der Waals surface area contributed by atoms with Crippen molar-refractivity contribution in [1.29, 1.82) is 0 Å². The number of sulfone groups is 1. The fraction of sp³-hybridized carbons (Fsp3) is 0.611. The van der Waals surface area contributed by atoms with E-state index in [0.717, 1.165) is 18.9 Å². The van der Waals surface area contributed by atoms with Crippen LogP contribution in [-0.2, 0) is 9.84 Å². The highest BCUT2D eigenvalue weighted by Gasteiger charge is 2.40. The molecule has 0 aromatic heterocycles. The third-order valence-corrected chi connectivity index (χ3v) is 7.36. The molecule has 0 radical (unpaired) electrons. The lowest BCUT2D eigenvalue weighted by Crippen LogP contribution is -2.57. The van der Waals surface area contributed by atoms with Gasteiger partial charge < -0.3 is 10.2 Å². The summed E-state index contributed by atoms with van der Waals surface area (Å²) in [7, 11) is -1.29. The van der Waals surface area contributed by atoms with Gasteiger partial charge in [0.15, 0.2) is 15.8 Å². The second-order valence-electron chi connectivity index (χ2n) is 6.94. The van der Waals surface area contributed by atoms with E-state index in [2.05, 4.69) is 46.4 Å². The van der Waals surface area contributed by atoms with Crippen LogP contribution in [0.25, 0.3) is 0 Å². The Bertz CT molecular complexity index is 675. The minimum atomic E-state index is -3.04. The molecule has 2 rings (SSSR count). The lowest BCUT2D eigenvalue weighted by Gasteiger charge is -2.39. The van der Waals surface area contributed by atoms with Gasteiger partial charge in [-0.05, 0) is 25.8 Å². The molecule has 25 heavy (non-hydrogen) atoms. The van der Waals surface area contributed by atoms with Crippen LogP contribution in [0, 0.1) is 0 Å². The Labute approximate surface area is 169 Å². The van der Waals surface area contributed by atoms with Gasteiger partial charge in [-0.15, -0.1) is 24.0 Å². The summed E-state index contributed by atoms with van der Waals surface area (Å²) in [6.45, 7) is 7.52. The highest BCUT2D eigenvalue weighted by Crippen LogP contribution is 2.24. The van der Waals surface area contributed by atoms with Gasteiger partial charge in [0.25, 0.3) is 0 Å². The number of guanidine groups is 1. The zero-order chi connectivity index (χ0) is 17.8. The van der Waals surface area contributed by atoms with E-state index < -0.39 is 14.6 Å². The number of benzene rings is 1. The number of rotatable bonds is 4. The van der Waals surface area contributed by atoms with E-state index in [1.807, 2.05) is 6.07 Å².